The summed E-state index contributed by atoms with van der Waals surface area (Å²) < 4.78 is 28.0. The summed E-state index contributed by atoms with van der Waals surface area (Å²) in [7, 11) is -3.73. The summed E-state index contributed by atoms with van der Waals surface area (Å²) in [5, 5.41) is 5.06. The van der Waals surface area contributed by atoms with Crippen LogP contribution in [0.15, 0.2) is 53.4 Å². The maximum atomic E-state index is 11.3. The zero-order valence-electron chi connectivity index (χ0n) is 10.5. The molecule has 2 aromatic rings. The monoisotopic (exact) mass is 291 g/mol. The van der Waals surface area contributed by atoms with E-state index >= 15 is 0 Å². The first-order valence-electron chi connectivity index (χ1n) is 5.79. The van der Waals surface area contributed by atoms with Gasteiger partial charge in [0.25, 0.3) is 0 Å². The topological polar surface area (TPSA) is 86.5 Å². The summed E-state index contributed by atoms with van der Waals surface area (Å²) in [6.07, 6.45) is 0.704. The van der Waals surface area contributed by atoms with Crippen LogP contribution in [0.5, 0.6) is 5.75 Å². The number of benzene rings is 2. The van der Waals surface area contributed by atoms with Crippen molar-refractivity contribution in [2.45, 2.75) is 11.5 Å². The van der Waals surface area contributed by atoms with Crippen molar-refractivity contribution in [3.8, 4) is 5.75 Å². The molecule has 20 heavy (non-hydrogen) atoms. The maximum Gasteiger partial charge on any atom is 0.238 e. The normalized spacial score (nSPS) is 11.1. The van der Waals surface area contributed by atoms with Crippen molar-refractivity contribution in [1.82, 2.24) is 0 Å². The van der Waals surface area contributed by atoms with Gasteiger partial charge in [0, 0.05) is 0 Å². The number of aldehydes is 1. The highest BCUT2D eigenvalue weighted by Crippen LogP contribution is 2.18. The molecule has 5 nitrogen and oxygen atoms in total. The first kappa shape index (κ1) is 14.2. The van der Waals surface area contributed by atoms with Crippen molar-refractivity contribution >= 4 is 16.3 Å². The third kappa shape index (κ3) is 3.43. The number of carbonyl (C=O) groups is 1. The van der Waals surface area contributed by atoms with Crippen LogP contribution in [0.4, 0.5) is 0 Å². The first-order chi connectivity index (χ1) is 9.50. The largest absolute Gasteiger partial charge is 0.488 e. The molecule has 2 N–H and O–H groups in total. The molecule has 104 valence electrons. The second-order valence-corrected chi connectivity index (χ2v) is 5.70. The van der Waals surface area contributed by atoms with E-state index in [1.54, 1.807) is 36.4 Å². The molecule has 0 bridgehead atoms. The Morgan fingerprint density at radius 3 is 2.55 bits per heavy atom. The average Bonchev–Trinajstić information content (AvgIpc) is 2.45. The lowest BCUT2D eigenvalue weighted by Crippen LogP contribution is -2.12. The summed E-state index contributed by atoms with van der Waals surface area (Å²) >= 11 is 0. The summed E-state index contributed by atoms with van der Waals surface area (Å²) in [6.45, 7) is 0.147. The van der Waals surface area contributed by atoms with Crippen molar-refractivity contribution in [3.05, 3.63) is 59.7 Å². The molecule has 0 atom stereocenters. The fourth-order valence-corrected chi connectivity index (χ4v) is 2.27. The van der Waals surface area contributed by atoms with Crippen molar-refractivity contribution in [1.29, 1.82) is 0 Å². The molecule has 0 fully saturated rings. The Morgan fingerprint density at radius 1 is 1.10 bits per heavy atom. The lowest BCUT2D eigenvalue weighted by molar-refractivity contribution is 0.111. The van der Waals surface area contributed by atoms with E-state index in [2.05, 4.69) is 0 Å². The van der Waals surface area contributed by atoms with Gasteiger partial charge in [0.15, 0.2) is 6.29 Å². The van der Waals surface area contributed by atoms with Crippen molar-refractivity contribution in [2.24, 2.45) is 5.14 Å². The minimum absolute atomic E-state index is 0.0299. The molecule has 0 radical (unpaired) electrons. The number of primary sulfonamides is 1. The Balaban J connectivity index is 2.17. The number of hydrogen-bond acceptors (Lipinski definition) is 4. The first-order valence-corrected chi connectivity index (χ1v) is 7.34. The summed E-state index contributed by atoms with van der Waals surface area (Å²) in [4.78, 5) is 10.9. The fraction of sp³-hybridized carbons (Fsp3) is 0.0714. The predicted octanol–water partition coefficient (Wildman–Crippen LogP) is 1.73. The average molecular weight is 291 g/mol. The molecule has 2 rings (SSSR count). The Bertz CT molecular complexity index is 725. The molecule has 0 spiro atoms. The second-order valence-electron chi connectivity index (χ2n) is 4.14. The van der Waals surface area contributed by atoms with Gasteiger partial charge in [0.1, 0.15) is 12.4 Å². The SMILES string of the molecule is NS(=O)(=O)c1cccc(COc2ccccc2C=O)c1. The van der Waals surface area contributed by atoms with E-state index in [1.807, 2.05) is 0 Å². The van der Waals surface area contributed by atoms with Gasteiger partial charge in [0.2, 0.25) is 10.0 Å². The molecule has 0 saturated heterocycles. The minimum Gasteiger partial charge on any atom is -0.488 e. The van der Waals surface area contributed by atoms with E-state index in [4.69, 9.17) is 9.88 Å². The molecule has 0 saturated carbocycles. The van der Waals surface area contributed by atoms with Crippen molar-refractivity contribution in [2.75, 3.05) is 0 Å². The molecule has 0 aliphatic rings. The highest BCUT2D eigenvalue weighted by atomic mass is 32.2. The number of para-hydroxylation sites is 1. The predicted molar refractivity (Wildman–Crippen MR) is 74.0 cm³/mol. The molecule has 0 aromatic heterocycles. The zero-order valence-corrected chi connectivity index (χ0v) is 11.3. The smallest absolute Gasteiger partial charge is 0.238 e. The number of hydrogen-bond donors (Lipinski definition) is 1. The maximum absolute atomic E-state index is 11.3. The molecule has 2 aromatic carbocycles. The van der Waals surface area contributed by atoms with Crippen molar-refractivity contribution < 1.29 is 17.9 Å². The van der Waals surface area contributed by atoms with E-state index in [-0.39, 0.29) is 11.5 Å². The van der Waals surface area contributed by atoms with Gasteiger partial charge in [-0.25, -0.2) is 13.6 Å². The van der Waals surface area contributed by atoms with Crippen LogP contribution in [-0.4, -0.2) is 14.7 Å². The number of rotatable bonds is 5. The van der Waals surface area contributed by atoms with Gasteiger partial charge in [-0.05, 0) is 29.8 Å². The highest BCUT2D eigenvalue weighted by Gasteiger charge is 2.08. The van der Waals surface area contributed by atoms with Crippen LogP contribution in [0.3, 0.4) is 0 Å². The van der Waals surface area contributed by atoms with Gasteiger partial charge in [0.05, 0.1) is 10.5 Å². The van der Waals surface area contributed by atoms with E-state index < -0.39 is 10.0 Å². The Hall–Kier alpha value is -2.18. The van der Waals surface area contributed by atoms with Crippen LogP contribution in [0.1, 0.15) is 15.9 Å². The lowest BCUT2D eigenvalue weighted by Gasteiger charge is -2.09. The lowest BCUT2D eigenvalue weighted by atomic mass is 10.2. The van der Waals surface area contributed by atoms with Crippen LogP contribution < -0.4 is 9.88 Å². The Morgan fingerprint density at radius 2 is 1.85 bits per heavy atom. The number of sulfonamides is 1. The second kappa shape index (κ2) is 5.85. The molecule has 0 unspecified atom stereocenters. The Kier molecular flexibility index (Phi) is 4.16. The van der Waals surface area contributed by atoms with Crippen LogP contribution in [-0.2, 0) is 16.6 Å². The molecular weight excluding hydrogens is 278 g/mol. The highest BCUT2D eigenvalue weighted by molar-refractivity contribution is 7.89. The number of carbonyl (C=O) groups excluding carboxylic acids is 1. The fourth-order valence-electron chi connectivity index (χ4n) is 1.68. The van der Waals surface area contributed by atoms with Gasteiger partial charge in [-0.1, -0.05) is 24.3 Å². The Labute approximate surface area is 117 Å². The summed E-state index contributed by atoms with van der Waals surface area (Å²) in [6, 6.07) is 13.0. The standard InChI is InChI=1S/C14H13NO4S/c15-20(17,18)13-6-3-4-11(8-13)10-19-14-7-2-1-5-12(14)9-16/h1-9H,10H2,(H2,15,17,18). The van der Waals surface area contributed by atoms with E-state index in [9.17, 15) is 13.2 Å². The molecule has 0 heterocycles. The molecular formula is C14H13NO4S. The zero-order chi connectivity index (χ0) is 14.6. The van der Waals surface area contributed by atoms with Crippen LogP contribution >= 0.6 is 0 Å². The molecule has 0 aliphatic carbocycles. The van der Waals surface area contributed by atoms with E-state index in [0.717, 1.165) is 0 Å². The van der Waals surface area contributed by atoms with Gasteiger partial charge in [-0.15, -0.1) is 0 Å². The van der Waals surface area contributed by atoms with Crippen LogP contribution in [0.2, 0.25) is 0 Å². The van der Waals surface area contributed by atoms with E-state index in [1.165, 1.54) is 12.1 Å². The molecule has 6 heteroatoms. The summed E-state index contributed by atoms with van der Waals surface area (Å²) in [5.74, 6) is 0.448. The molecule has 0 amide bonds. The number of nitrogens with two attached hydrogens (primary N) is 1. The van der Waals surface area contributed by atoms with Crippen LogP contribution in [0.25, 0.3) is 0 Å². The summed E-state index contributed by atoms with van der Waals surface area (Å²) in [5.41, 5.74) is 1.09. The van der Waals surface area contributed by atoms with Crippen molar-refractivity contribution in [3.63, 3.8) is 0 Å². The van der Waals surface area contributed by atoms with Gasteiger partial charge >= 0.3 is 0 Å². The third-order valence-electron chi connectivity index (χ3n) is 2.67. The molecule has 0 aliphatic heterocycles. The van der Waals surface area contributed by atoms with Crippen LogP contribution in [0, 0.1) is 0 Å². The minimum atomic E-state index is -3.73. The van der Waals surface area contributed by atoms with Gasteiger partial charge in [-0.3, -0.25) is 4.79 Å². The van der Waals surface area contributed by atoms with Gasteiger partial charge < -0.3 is 4.74 Å². The van der Waals surface area contributed by atoms with E-state index in [0.29, 0.717) is 23.2 Å². The quantitative estimate of drug-likeness (QED) is 0.850. The number of ether oxygens (including phenoxy) is 1. The third-order valence-corrected chi connectivity index (χ3v) is 3.58. The van der Waals surface area contributed by atoms with Gasteiger partial charge in [-0.2, -0.15) is 0 Å².